The zero-order chi connectivity index (χ0) is 15.3. The van der Waals surface area contributed by atoms with Crippen LogP contribution in [0.25, 0.3) is 5.65 Å². The second-order valence-corrected chi connectivity index (χ2v) is 5.37. The molecule has 0 fully saturated rings. The summed E-state index contributed by atoms with van der Waals surface area (Å²) in [4.78, 5) is 11.1. The molecule has 0 aliphatic heterocycles. The highest BCUT2D eigenvalue weighted by atomic mass is 19.4. The molecule has 0 aliphatic rings. The number of halogens is 3. The number of carboxylic acids is 1. The van der Waals surface area contributed by atoms with E-state index in [-0.39, 0.29) is 17.0 Å². The molecule has 0 unspecified atom stereocenters. The number of aromatic nitrogens is 3. The molecule has 0 amide bonds. The maximum atomic E-state index is 13.1. The van der Waals surface area contributed by atoms with Crippen LogP contribution in [0.2, 0.25) is 0 Å². The van der Waals surface area contributed by atoms with E-state index >= 15 is 0 Å². The van der Waals surface area contributed by atoms with E-state index in [2.05, 4.69) is 10.2 Å². The summed E-state index contributed by atoms with van der Waals surface area (Å²) >= 11 is 0. The van der Waals surface area contributed by atoms with Gasteiger partial charge in [0, 0.05) is 5.41 Å². The first kappa shape index (κ1) is 14.3. The second-order valence-electron chi connectivity index (χ2n) is 5.37. The lowest BCUT2D eigenvalue weighted by atomic mass is 9.95. The third kappa shape index (κ3) is 2.21. The summed E-state index contributed by atoms with van der Waals surface area (Å²) in [5.74, 6) is -1.29. The Hall–Kier alpha value is -2.12. The van der Waals surface area contributed by atoms with E-state index in [1.807, 2.05) is 0 Å². The van der Waals surface area contributed by atoms with Crippen molar-refractivity contribution in [2.75, 3.05) is 0 Å². The maximum absolute atomic E-state index is 13.1. The molecule has 2 aromatic heterocycles. The molecule has 0 aliphatic carbocycles. The molecule has 0 bridgehead atoms. The standard InChI is InChI=1S/C12H12F3N3O2/c1-11(2,3)10-17-16-8-6(9(19)20)4-5-7(18(8)10)12(13,14)15/h4-5H,1-3H3,(H,19,20). The van der Waals surface area contributed by atoms with E-state index in [1.54, 1.807) is 20.8 Å². The van der Waals surface area contributed by atoms with Crippen LogP contribution < -0.4 is 0 Å². The van der Waals surface area contributed by atoms with Crippen LogP contribution in [0.3, 0.4) is 0 Å². The first-order valence-electron chi connectivity index (χ1n) is 5.72. The average Bonchev–Trinajstić information content (AvgIpc) is 2.69. The molecule has 20 heavy (non-hydrogen) atoms. The van der Waals surface area contributed by atoms with Gasteiger partial charge in [0.05, 0.1) is 0 Å². The number of carboxylic acid groups (broad SMARTS) is 1. The second kappa shape index (κ2) is 4.19. The SMILES string of the molecule is CC(C)(C)c1nnc2c(C(=O)O)ccc(C(F)(F)F)n12. The predicted molar refractivity (Wildman–Crippen MR) is 63.6 cm³/mol. The molecule has 0 spiro atoms. The van der Waals surface area contributed by atoms with Crippen LogP contribution in [0, 0.1) is 0 Å². The van der Waals surface area contributed by atoms with Gasteiger partial charge in [-0.05, 0) is 12.1 Å². The van der Waals surface area contributed by atoms with Crippen LogP contribution in [-0.2, 0) is 11.6 Å². The van der Waals surface area contributed by atoms with Gasteiger partial charge in [-0.2, -0.15) is 13.2 Å². The first-order chi connectivity index (χ1) is 9.03. The van der Waals surface area contributed by atoms with Crippen molar-refractivity contribution in [2.24, 2.45) is 0 Å². The molecule has 8 heteroatoms. The Kier molecular flexibility index (Phi) is 2.99. The fraction of sp³-hybridized carbons (Fsp3) is 0.417. The zero-order valence-electron chi connectivity index (χ0n) is 11.0. The molecule has 0 atom stereocenters. The molecule has 2 heterocycles. The Morgan fingerprint density at radius 3 is 2.25 bits per heavy atom. The summed E-state index contributed by atoms with van der Waals surface area (Å²) in [6.45, 7) is 5.03. The summed E-state index contributed by atoms with van der Waals surface area (Å²) in [6.07, 6.45) is -4.63. The number of carbonyl (C=O) groups is 1. The minimum Gasteiger partial charge on any atom is -0.478 e. The molecule has 0 radical (unpaired) electrons. The van der Waals surface area contributed by atoms with Crippen LogP contribution in [0.1, 0.15) is 42.6 Å². The number of rotatable bonds is 1. The molecule has 1 N–H and O–H groups in total. The van der Waals surface area contributed by atoms with Gasteiger partial charge in [0.15, 0.2) is 5.65 Å². The molecule has 2 aromatic rings. The van der Waals surface area contributed by atoms with Crippen LogP contribution in [0.15, 0.2) is 12.1 Å². The monoisotopic (exact) mass is 287 g/mol. The number of hydrogen-bond acceptors (Lipinski definition) is 3. The highest BCUT2D eigenvalue weighted by Gasteiger charge is 2.37. The van der Waals surface area contributed by atoms with Crippen LogP contribution >= 0.6 is 0 Å². The minimum atomic E-state index is -4.63. The van der Waals surface area contributed by atoms with E-state index in [1.165, 1.54) is 0 Å². The Balaban J connectivity index is 2.93. The van der Waals surface area contributed by atoms with Gasteiger partial charge in [-0.1, -0.05) is 20.8 Å². The summed E-state index contributed by atoms with van der Waals surface area (Å²) in [7, 11) is 0. The van der Waals surface area contributed by atoms with Gasteiger partial charge in [-0.25, -0.2) is 4.79 Å². The largest absolute Gasteiger partial charge is 0.478 e. The fourth-order valence-electron chi connectivity index (χ4n) is 1.87. The predicted octanol–water partition coefficient (Wildman–Crippen LogP) is 2.74. The van der Waals surface area contributed by atoms with Crippen molar-refractivity contribution in [3.8, 4) is 0 Å². The Morgan fingerprint density at radius 2 is 1.80 bits per heavy atom. The van der Waals surface area contributed by atoms with E-state index in [0.29, 0.717) is 0 Å². The topological polar surface area (TPSA) is 67.5 Å². The van der Waals surface area contributed by atoms with E-state index in [4.69, 9.17) is 5.11 Å². The van der Waals surface area contributed by atoms with Gasteiger partial charge < -0.3 is 5.11 Å². The molecular formula is C12H12F3N3O2. The van der Waals surface area contributed by atoms with Gasteiger partial charge >= 0.3 is 12.1 Å². The molecule has 0 aromatic carbocycles. The third-order valence-corrected chi connectivity index (χ3v) is 2.74. The smallest absolute Gasteiger partial charge is 0.431 e. The Morgan fingerprint density at radius 1 is 1.20 bits per heavy atom. The molecule has 108 valence electrons. The van der Waals surface area contributed by atoms with Crippen molar-refractivity contribution >= 4 is 11.6 Å². The molecule has 0 saturated carbocycles. The number of fused-ring (bicyclic) bond motifs is 1. The minimum absolute atomic E-state index is 0.0583. The third-order valence-electron chi connectivity index (χ3n) is 2.74. The summed E-state index contributed by atoms with van der Waals surface area (Å²) in [6, 6.07) is 1.62. The number of alkyl halides is 3. The first-order valence-corrected chi connectivity index (χ1v) is 5.72. The van der Waals surface area contributed by atoms with Gasteiger partial charge in [0.2, 0.25) is 0 Å². The molecule has 2 rings (SSSR count). The lowest BCUT2D eigenvalue weighted by Crippen LogP contribution is -2.21. The summed E-state index contributed by atoms with van der Waals surface area (Å²) < 4.78 is 40.0. The lowest BCUT2D eigenvalue weighted by molar-refractivity contribution is -0.142. The van der Waals surface area contributed by atoms with E-state index < -0.39 is 23.3 Å². The molecular weight excluding hydrogens is 275 g/mol. The van der Waals surface area contributed by atoms with Crippen LogP contribution in [0.5, 0.6) is 0 Å². The number of aromatic carboxylic acids is 1. The van der Waals surface area contributed by atoms with Crippen molar-refractivity contribution in [1.82, 2.24) is 14.6 Å². The number of hydrogen-bond donors (Lipinski definition) is 1. The van der Waals surface area contributed by atoms with Gasteiger partial charge in [0.25, 0.3) is 0 Å². The summed E-state index contributed by atoms with van der Waals surface area (Å²) in [5.41, 5.74) is -2.33. The van der Waals surface area contributed by atoms with Crippen molar-refractivity contribution in [3.05, 3.63) is 29.2 Å². The Labute approximate surface area is 112 Å². The Bertz CT molecular complexity index is 684. The van der Waals surface area contributed by atoms with Gasteiger partial charge in [-0.15, -0.1) is 10.2 Å². The van der Waals surface area contributed by atoms with Crippen LogP contribution in [0.4, 0.5) is 13.2 Å². The van der Waals surface area contributed by atoms with Gasteiger partial charge in [-0.3, -0.25) is 4.40 Å². The quantitative estimate of drug-likeness (QED) is 0.875. The van der Waals surface area contributed by atoms with E-state index in [0.717, 1.165) is 16.5 Å². The average molecular weight is 287 g/mol. The highest BCUT2D eigenvalue weighted by Crippen LogP contribution is 2.33. The zero-order valence-corrected chi connectivity index (χ0v) is 11.0. The van der Waals surface area contributed by atoms with Gasteiger partial charge in [0.1, 0.15) is 17.1 Å². The summed E-state index contributed by atoms with van der Waals surface area (Å²) in [5, 5.41) is 16.4. The normalized spacial score (nSPS) is 12.9. The fourth-order valence-corrected chi connectivity index (χ4v) is 1.87. The van der Waals surface area contributed by atoms with Crippen molar-refractivity contribution in [2.45, 2.75) is 32.4 Å². The van der Waals surface area contributed by atoms with Crippen molar-refractivity contribution in [1.29, 1.82) is 0 Å². The maximum Gasteiger partial charge on any atom is 0.431 e. The lowest BCUT2D eigenvalue weighted by Gasteiger charge is -2.19. The van der Waals surface area contributed by atoms with Crippen molar-refractivity contribution < 1.29 is 23.1 Å². The van der Waals surface area contributed by atoms with E-state index in [9.17, 15) is 18.0 Å². The molecule has 5 nitrogen and oxygen atoms in total. The number of nitrogens with zero attached hydrogens (tertiary/aromatic N) is 3. The van der Waals surface area contributed by atoms with Crippen molar-refractivity contribution in [3.63, 3.8) is 0 Å². The highest BCUT2D eigenvalue weighted by molar-refractivity contribution is 5.94. The molecule has 0 saturated heterocycles. The number of pyridine rings is 1. The van der Waals surface area contributed by atoms with Crippen LogP contribution in [-0.4, -0.2) is 25.7 Å².